The van der Waals surface area contributed by atoms with Crippen molar-refractivity contribution in [2.45, 2.75) is 17.9 Å². The maximum Gasteiger partial charge on any atom is 0.245 e. The van der Waals surface area contributed by atoms with Crippen molar-refractivity contribution in [3.63, 3.8) is 0 Å². The predicted molar refractivity (Wildman–Crippen MR) is 70.0 cm³/mol. The number of nitrogen functional groups attached to an aromatic ring is 1. The molecule has 1 aliphatic rings. The minimum atomic E-state index is -3.62. The number of rotatable bonds is 2. The molecular weight excluding hydrogens is 276 g/mol. The summed E-state index contributed by atoms with van der Waals surface area (Å²) in [7, 11) is -3.62. The summed E-state index contributed by atoms with van der Waals surface area (Å²) in [6, 6.07) is 4.25. The molecule has 0 bridgehead atoms. The van der Waals surface area contributed by atoms with Crippen molar-refractivity contribution in [3.8, 4) is 0 Å². The molecule has 2 N–H and O–H groups in total. The molecule has 18 heavy (non-hydrogen) atoms. The number of nitrogens with zero attached hydrogens (tertiary/aromatic N) is 1. The van der Waals surface area contributed by atoms with Crippen LogP contribution in [0.4, 0.5) is 5.69 Å². The van der Waals surface area contributed by atoms with Gasteiger partial charge in [0.15, 0.2) is 0 Å². The molecule has 1 aliphatic heterocycles. The van der Waals surface area contributed by atoms with Crippen LogP contribution in [-0.4, -0.2) is 38.5 Å². The molecule has 0 amide bonds. The molecule has 2 rings (SSSR count). The van der Waals surface area contributed by atoms with Crippen LogP contribution in [0.3, 0.4) is 0 Å². The van der Waals surface area contributed by atoms with Crippen LogP contribution in [0.1, 0.15) is 6.92 Å². The highest BCUT2D eigenvalue weighted by atomic mass is 35.5. The standard InChI is InChI=1S/C11H15ClN2O3S/c1-8-7-17-5-4-14(8)18(15,16)11-6-9(13)2-3-10(11)12/h2-3,6,8H,4-5,7,13H2,1H3/t8-/m1/s1. The topological polar surface area (TPSA) is 72.6 Å². The van der Waals surface area contributed by atoms with Crippen LogP contribution in [0.5, 0.6) is 0 Å². The fraction of sp³-hybridized carbons (Fsp3) is 0.455. The molecular formula is C11H15ClN2O3S. The Morgan fingerprint density at radius 3 is 2.89 bits per heavy atom. The van der Waals surface area contributed by atoms with Crippen LogP contribution in [0, 0.1) is 0 Å². The van der Waals surface area contributed by atoms with Crippen molar-refractivity contribution in [2.24, 2.45) is 0 Å². The lowest BCUT2D eigenvalue weighted by molar-refractivity contribution is 0.0393. The molecule has 0 aliphatic carbocycles. The maximum atomic E-state index is 12.5. The Balaban J connectivity index is 2.44. The second-order valence-corrected chi connectivity index (χ2v) is 6.50. The van der Waals surface area contributed by atoms with Crippen molar-refractivity contribution in [1.82, 2.24) is 4.31 Å². The molecule has 100 valence electrons. The van der Waals surface area contributed by atoms with Gasteiger partial charge < -0.3 is 10.5 Å². The molecule has 5 nitrogen and oxygen atoms in total. The third-order valence-corrected chi connectivity index (χ3v) is 5.34. The summed E-state index contributed by atoms with van der Waals surface area (Å²) in [5, 5.41) is 0.183. The molecule has 1 saturated heterocycles. The number of hydrogen-bond acceptors (Lipinski definition) is 4. The SMILES string of the molecule is C[C@@H]1COCCN1S(=O)(=O)c1cc(N)ccc1Cl. The summed E-state index contributed by atoms with van der Waals surface area (Å²) >= 11 is 5.96. The third-order valence-electron chi connectivity index (χ3n) is 2.85. The Hall–Kier alpha value is -0.820. The maximum absolute atomic E-state index is 12.5. The molecule has 0 radical (unpaired) electrons. The summed E-state index contributed by atoms with van der Waals surface area (Å²) in [5.41, 5.74) is 6.00. The lowest BCUT2D eigenvalue weighted by atomic mass is 10.3. The first-order valence-electron chi connectivity index (χ1n) is 5.57. The van der Waals surface area contributed by atoms with Crippen LogP contribution in [0.2, 0.25) is 5.02 Å². The normalized spacial score (nSPS) is 22.0. The van der Waals surface area contributed by atoms with Gasteiger partial charge in [-0.1, -0.05) is 11.6 Å². The molecule has 1 fully saturated rings. The van der Waals surface area contributed by atoms with Gasteiger partial charge in [0.05, 0.1) is 18.2 Å². The van der Waals surface area contributed by atoms with E-state index in [-0.39, 0.29) is 16.0 Å². The van der Waals surface area contributed by atoms with Crippen LogP contribution in [0.25, 0.3) is 0 Å². The predicted octanol–water partition coefficient (Wildman–Crippen LogP) is 1.33. The first-order valence-corrected chi connectivity index (χ1v) is 7.39. The Kier molecular flexibility index (Phi) is 3.82. The summed E-state index contributed by atoms with van der Waals surface area (Å²) in [5.74, 6) is 0. The van der Waals surface area contributed by atoms with Gasteiger partial charge in [-0.3, -0.25) is 0 Å². The highest BCUT2D eigenvalue weighted by molar-refractivity contribution is 7.89. The van der Waals surface area contributed by atoms with E-state index in [1.54, 1.807) is 13.0 Å². The van der Waals surface area contributed by atoms with E-state index in [0.717, 1.165) is 0 Å². The Morgan fingerprint density at radius 1 is 1.50 bits per heavy atom. The number of sulfonamides is 1. The largest absolute Gasteiger partial charge is 0.399 e. The Labute approximate surface area is 112 Å². The van der Waals surface area contributed by atoms with E-state index in [0.29, 0.717) is 25.4 Å². The number of nitrogens with two attached hydrogens (primary N) is 1. The minimum absolute atomic E-state index is 0.0536. The monoisotopic (exact) mass is 290 g/mol. The van der Waals surface area contributed by atoms with Gasteiger partial charge in [-0.15, -0.1) is 0 Å². The van der Waals surface area contributed by atoms with E-state index < -0.39 is 10.0 Å². The van der Waals surface area contributed by atoms with Gasteiger partial charge in [0.1, 0.15) is 4.90 Å². The quantitative estimate of drug-likeness (QED) is 0.834. The zero-order valence-corrected chi connectivity index (χ0v) is 11.5. The number of morpholine rings is 1. The first-order chi connectivity index (χ1) is 8.43. The van der Waals surface area contributed by atoms with Gasteiger partial charge in [0.2, 0.25) is 10.0 Å². The average molecular weight is 291 g/mol. The van der Waals surface area contributed by atoms with Gasteiger partial charge in [-0.05, 0) is 25.1 Å². The van der Waals surface area contributed by atoms with Gasteiger partial charge in [-0.25, -0.2) is 8.42 Å². The number of halogens is 1. The second-order valence-electron chi connectivity index (χ2n) is 4.23. The van der Waals surface area contributed by atoms with Crippen molar-refractivity contribution >= 4 is 27.3 Å². The van der Waals surface area contributed by atoms with E-state index in [1.807, 2.05) is 0 Å². The number of ether oxygens (including phenoxy) is 1. The summed E-state index contributed by atoms with van der Waals surface area (Å²) in [4.78, 5) is 0.0536. The first kappa shape index (κ1) is 13.6. The molecule has 1 aromatic carbocycles. The highest BCUT2D eigenvalue weighted by Crippen LogP contribution is 2.28. The summed E-state index contributed by atoms with van der Waals surface area (Å²) < 4.78 is 31.6. The molecule has 1 aromatic rings. The zero-order valence-electron chi connectivity index (χ0n) is 9.97. The highest BCUT2D eigenvalue weighted by Gasteiger charge is 2.32. The van der Waals surface area contributed by atoms with Crippen molar-refractivity contribution < 1.29 is 13.2 Å². The third kappa shape index (κ3) is 2.47. The van der Waals surface area contributed by atoms with Crippen molar-refractivity contribution in [3.05, 3.63) is 23.2 Å². The minimum Gasteiger partial charge on any atom is -0.399 e. The molecule has 0 spiro atoms. The van der Waals surface area contributed by atoms with E-state index >= 15 is 0 Å². The number of anilines is 1. The Morgan fingerprint density at radius 2 is 2.22 bits per heavy atom. The molecule has 0 saturated carbocycles. The number of benzene rings is 1. The Bertz CT molecular complexity index is 547. The van der Waals surface area contributed by atoms with Crippen LogP contribution in [-0.2, 0) is 14.8 Å². The molecule has 0 aromatic heterocycles. The molecule has 7 heteroatoms. The van der Waals surface area contributed by atoms with Crippen molar-refractivity contribution in [1.29, 1.82) is 0 Å². The second kappa shape index (κ2) is 5.05. The average Bonchev–Trinajstić information content (AvgIpc) is 2.32. The van der Waals surface area contributed by atoms with Crippen LogP contribution >= 0.6 is 11.6 Å². The van der Waals surface area contributed by atoms with Crippen LogP contribution < -0.4 is 5.73 Å². The lowest BCUT2D eigenvalue weighted by Crippen LogP contribution is -2.47. The van der Waals surface area contributed by atoms with E-state index in [9.17, 15) is 8.42 Å². The summed E-state index contributed by atoms with van der Waals surface area (Å²) in [6.07, 6.45) is 0. The number of hydrogen-bond donors (Lipinski definition) is 1. The fourth-order valence-electron chi connectivity index (χ4n) is 1.91. The summed E-state index contributed by atoms with van der Waals surface area (Å²) in [6.45, 7) is 2.91. The van der Waals surface area contributed by atoms with E-state index in [4.69, 9.17) is 22.1 Å². The smallest absolute Gasteiger partial charge is 0.245 e. The van der Waals surface area contributed by atoms with Gasteiger partial charge in [0.25, 0.3) is 0 Å². The lowest BCUT2D eigenvalue weighted by Gasteiger charge is -2.32. The van der Waals surface area contributed by atoms with Crippen LogP contribution in [0.15, 0.2) is 23.1 Å². The van der Waals surface area contributed by atoms with Gasteiger partial charge in [-0.2, -0.15) is 4.31 Å². The van der Waals surface area contributed by atoms with E-state index in [1.165, 1.54) is 16.4 Å². The van der Waals surface area contributed by atoms with Gasteiger partial charge >= 0.3 is 0 Å². The van der Waals surface area contributed by atoms with Gasteiger partial charge in [0, 0.05) is 18.3 Å². The van der Waals surface area contributed by atoms with E-state index in [2.05, 4.69) is 0 Å². The molecule has 1 atom stereocenters. The zero-order chi connectivity index (χ0) is 13.3. The molecule has 0 unspecified atom stereocenters. The van der Waals surface area contributed by atoms with Crippen molar-refractivity contribution in [2.75, 3.05) is 25.5 Å². The fourth-order valence-corrected chi connectivity index (χ4v) is 4.02. The molecule has 1 heterocycles.